The Bertz CT molecular complexity index is 657. The Kier molecular flexibility index (Phi) is 7.07. The van der Waals surface area contributed by atoms with Gasteiger partial charge in [-0.15, -0.1) is 0 Å². The molecule has 4 aliphatic carbocycles. The van der Waals surface area contributed by atoms with E-state index in [4.69, 9.17) is 9.47 Å². The third-order valence-corrected chi connectivity index (χ3v) is 7.72. The van der Waals surface area contributed by atoms with Crippen LogP contribution in [0.2, 0.25) is 0 Å². The van der Waals surface area contributed by atoms with Gasteiger partial charge in [0.25, 0.3) is 0 Å². The molecule has 5 aliphatic rings. The monoisotopic (exact) mass is 436 g/mol. The molecule has 4 saturated carbocycles. The molecular weight excluding hydrogens is 396 g/mol. The molecule has 6 heteroatoms. The van der Waals surface area contributed by atoms with E-state index in [2.05, 4.69) is 18.6 Å². The molecule has 31 heavy (non-hydrogen) atoms. The lowest BCUT2D eigenvalue weighted by molar-refractivity contribution is -0.201. The molecule has 0 aromatic carbocycles. The Morgan fingerprint density at radius 3 is 1.81 bits per heavy atom. The number of hydrogen-bond acceptors (Lipinski definition) is 6. The molecule has 1 saturated heterocycles. The van der Waals surface area contributed by atoms with Gasteiger partial charge in [0.15, 0.2) is 0 Å². The summed E-state index contributed by atoms with van der Waals surface area (Å²) >= 11 is 0. The molecule has 5 fully saturated rings. The molecule has 0 aromatic heterocycles. The van der Waals surface area contributed by atoms with E-state index >= 15 is 0 Å². The van der Waals surface area contributed by atoms with Gasteiger partial charge in [0.2, 0.25) is 0 Å². The number of esters is 3. The Hall–Kier alpha value is -1.59. The highest BCUT2D eigenvalue weighted by Crippen LogP contribution is 2.64. The average molecular weight is 437 g/mol. The summed E-state index contributed by atoms with van der Waals surface area (Å²) in [6.45, 7) is 11.9. The van der Waals surface area contributed by atoms with E-state index in [-0.39, 0.29) is 59.9 Å². The molecule has 1 atom stereocenters. The van der Waals surface area contributed by atoms with Crippen LogP contribution in [0, 0.1) is 35.0 Å². The molecule has 6 nitrogen and oxygen atoms in total. The van der Waals surface area contributed by atoms with Crippen molar-refractivity contribution in [1.29, 1.82) is 0 Å². The van der Waals surface area contributed by atoms with Crippen LogP contribution >= 0.6 is 0 Å². The first-order chi connectivity index (χ1) is 14.4. The second-order valence-corrected chi connectivity index (χ2v) is 11.4. The van der Waals surface area contributed by atoms with Gasteiger partial charge >= 0.3 is 17.9 Å². The molecule has 0 spiro atoms. The van der Waals surface area contributed by atoms with Gasteiger partial charge < -0.3 is 14.2 Å². The van der Waals surface area contributed by atoms with Gasteiger partial charge in [-0.25, -0.2) is 0 Å². The molecule has 0 N–H and O–H groups in total. The van der Waals surface area contributed by atoms with Crippen LogP contribution in [0.25, 0.3) is 0 Å². The fourth-order valence-corrected chi connectivity index (χ4v) is 6.19. The van der Waals surface area contributed by atoms with Crippen molar-refractivity contribution in [2.75, 3.05) is 6.61 Å². The molecule has 0 aromatic rings. The molecule has 0 radical (unpaired) electrons. The van der Waals surface area contributed by atoms with Crippen LogP contribution in [-0.2, 0) is 28.6 Å². The molecular formula is C25H40O6. The molecule has 1 aliphatic heterocycles. The molecule has 1 unspecified atom stereocenters. The molecule has 176 valence electrons. The van der Waals surface area contributed by atoms with E-state index in [9.17, 15) is 14.4 Å². The van der Waals surface area contributed by atoms with Crippen molar-refractivity contribution in [3.05, 3.63) is 0 Å². The minimum atomic E-state index is -0.368. The van der Waals surface area contributed by atoms with Crippen molar-refractivity contribution in [1.82, 2.24) is 0 Å². The lowest BCUT2D eigenvalue weighted by Gasteiger charge is -2.61. The fraction of sp³-hybridized carbons (Fsp3) is 0.880. The minimum Gasteiger partial charge on any atom is -0.462 e. The van der Waals surface area contributed by atoms with E-state index in [0.717, 1.165) is 17.8 Å². The Labute approximate surface area is 186 Å². The standard InChI is InChI=1S/C17H28O2.C8H12O4/c1-11(2)15(18)19-16(3,4)17-8-12-5-13(9-17)7-14(6-12)10-17;1-5(2)8(10)12-6-3-7(9)11-4-6/h11-14H,5-10H2,1-4H3;5-6H,3-4H2,1-2H3. The maximum Gasteiger partial charge on any atom is 0.309 e. The number of cyclic esters (lactones) is 1. The van der Waals surface area contributed by atoms with Crippen LogP contribution in [0.1, 0.15) is 86.5 Å². The highest BCUT2D eigenvalue weighted by molar-refractivity contribution is 5.75. The second kappa shape index (κ2) is 9.11. The third-order valence-electron chi connectivity index (χ3n) is 7.72. The first-order valence-corrected chi connectivity index (χ1v) is 12.0. The van der Waals surface area contributed by atoms with Gasteiger partial charge in [-0.3, -0.25) is 14.4 Å². The van der Waals surface area contributed by atoms with Gasteiger partial charge in [-0.2, -0.15) is 0 Å². The summed E-state index contributed by atoms with van der Waals surface area (Å²) in [5.41, 5.74) is -0.0172. The van der Waals surface area contributed by atoms with Gasteiger partial charge in [-0.05, 0) is 70.1 Å². The topological polar surface area (TPSA) is 78.9 Å². The zero-order valence-corrected chi connectivity index (χ0v) is 20.1. The van der Waals surface area contributed by atoms with Crippen LogP contribution in [0.15, 0.2) is 0 Å². The average Bonchev–Trinajstić information content (AvgIpc) is 3.05. The van der Waals surface area contributed by atoms with Crippen LogP contribution in [0.3, 0.4) is 0 Å². The van der Waals surface area contributed by atoms with Crippen molar-refractivity contribution in [3.63, 3.8) is 0 Å². The number of hydrogen-bond donors (Lipinski definition) is 0. The molecule has 0 amide bonds. The fourth-order valence-electron chi connectivity index (χ4n) is 6.19. The summed E-state index contributed by atoms with van der Waals surface area (Å²) < 4.78 is 15.5. The van der Waals surface area contributed by atoms with Crippen LogP contribution in [0.4, 0.5) is 0 Å². The predicted molar refractivity (Wildman–Crippen MR) is 116 cm³/mol. The summed E-state index contributed by atoms with van der Waals surface area (Å²) in [4.78, 5) is 33.6. The SMILES string of the molecule is CC(C)C(=O)OC(C)(C)C12CC3CC(CC(C3)C1)C2.CC(C)C(=O)OC1COC(=O)C1. The van der Waals surface area contributed by atoms with Crippen molar-refractivity contribution >= 4 is 17.9 Å². The summed E-state index contributed by atoms with van der Waals surface area (Å²) in [5, 5.41) is 0. The van der Waals surface area contributed by atoms with E-state index in [1.165, 1.54) is 38.5 Å². The number of carbonyl (C=O) groups excluding carboxylic acids is 3. The normalized spacial score (nSPS) is 33.7. The smallest absolute Gasteiger partial charge is 0.309 e. The highest BCUT2D eigenvalue weighted by atomic mass is 16.6. The number of ether oxygens (including phenoxy) is 3. The van der Waals surface area contributed by atoms with E-state index in [0.29, 0.717) is 0 Å². The first kappa shape index (κ1) is 24.1. The minimum absolute atomic E-state index is 0.0202. The van der Waals surface area contributed by atoms with E-state index in [1.807, 2.05) is 13.8 Å². The van der Waals surface area contributed by atoms with Crippen molar-refractivity contribution in [2.24, 2.45) is 35.0 Å². The molecule has 4 bridgehead atoms. The van der Waals surface area contributed by atoms with Crippen LogP contribution in [-0.4, -0.2) is 36.2 Å². The van der Waals surface area contributed by atoms with Crippen LogP contribution in [0.5, 0.6) is 0 Å². The Morgan fingerprint density at radius 1 is 0.935 bits per heavy atom. The molecule has 5 rings (SSSR count). The number of rotatable bonds is 5. The van der Waals surface area contributed by atoms with Crippen LogP contribution < -0.4 is 0 Å². The zero-order chi connectivity index (χ0) is 23.0. The highest BCUT2D eigenvalue weighted by Gasteiger charge is 2.58. The van der Waals surface area contributed by atoms with Gasteiger partial charge in [-0.1, -0.05) is 27.7 Å². The lowest BCUT2D eigenvalue weighted by atomic mass is 9.46. The van der Waals surface area contributed by atoms with Gasteiger partial charge in [0.1, 0.15) is 18.3 Å². The molecule has 1 heterocycles. The zero-order valence-electron chi connectivity index (χ0n) is 20.1. The van der Waals surface area contributed by atoms with Gasteiger partial charge in [0.05, 0.1) is 18.3 Å². The summed E-state index contributed by atoms with van der Waals surface area (Å²) in [7, 11) is 0. The Balaban J connectivity index is 0.000000196. The van der Waals surface area contributed by atoms with Crippen molar-refractivity contribution in [2.45, 2.75) is 98.2 Å². The summed E-state index contributed by atoms with van der Waals surface area (Å²) in [6, 6.07) is 0. The quantitative estimate of drug-likeness (QED) is 0.460. The van der Waals surface area contributed by atoms with E-state index in [1.54, 1.807) is 13.8 Å². The van der Waals surface area contributed by atoms with Gasteiger partial charge in [0, 0.05) is 5.41 Å². The largest absolute Gasteiger partial charge is 0.462 e. The van der Waals surface area contributed by atoms with Crippen molar-refractivity contribution in [3.8, 4) is 0 Å². The number of carbonyl (C=O) groups is 3. The lowest BCUT2D eigenvalue weighted by Crippen LogP contribution is -2.57. The Morgan fingerprint density at radius 2 is 1.42 bits per heavy atom. The summed E-state index contributed by atoms with van der Waals surface area (Å²) in [6.07, 6.45) is 8.01. The first-order valence-electron chi connectivity index (χ1n) is 12.0. The maximum absolute atomic E-state index is 12.0. The second-order valence-electron chi connectivity index (χ2n) is 11.4. The third kappa shape index (κ3) is 5.43. The predicted octanol–water partition coefficient (Wildman–Crippen LogP) is 4.68. The van der Waals surface area contributed by atoms with Crippen molar-refractivity contribution < 1.29 is 28.6 Å². The maximum atomic E-state index is 12.0. The summed E-state index contributed by atoms with van der Waals surface area (Å²) in [5.74, 6) is 1.94. The van der Waals surface area contributed by atoms with E-state index < -0.39 is 0 Å².